The molecule has 0 aliphatic rings. The summed E-state index contributed by atoms with van der Waals surface area (Å²) in [6, 6.07) is 9.98. The monoisotopic (exact) mass is 388 g/mol. The lowest BCUT2D eigenvalue weighted by molar-refractivity contribution is -0.114. The second kappa shape index (κ2) is 10.1. The van der Waals surface area contributed by atoms with Crippen LogP contribution >= 0.6 is 0 Å². The summed E-state index contributed by atoms with van der Waals surface area (Å²) >= 11 is 0. The van der Waals surface area contributed by atoms with E-state index in [2.05, 4.69) is 10.6 Å². The largest absolute Gasteiger partial charge is 0.493 e. The van der Waals surface area contributed by atoms with E-state index in [0.717, 1.165) is 0 Å². The highest BCUT2D eigenvalue weighted by Crippen LogP contribution is 2.39. The van der Waals surface area contributed by atoms with E-state index in [-0.39, 0.29) is 18.4 Å². The lowest BCUT2D eigenvalue weighted by atomic mass is 10.2. The van der Waals surface area contributed by atoms with Crippen molar-refractivity contribution in [2.24, 2.45) is 0 Å². The summed E-state index contributed by atoms with van der Waals surface area (Å²) in [4.78, 5) is 23.9. The minimum absolute atomic E-state index is 0.0371. The van der Waals surface area contributed by atoms with Crippen molar-refractivity contribution in [3.8, 4) is 17.2 Å². The molecule has 28 heavy (non-hydrogen) atoms. The van der Waals surface area contributed by atoms with Gasteiger partial charge in [0, 0.05) is 23.5 Å². The lowest BCUT2D eigenvalue weighted by Gasteiger charge is -2.15. The molecule has 0 heterocycles. The average molecular weight is 388 g/mol. The molecule has 2 aromatic carbocycles. The van der Waals surface area contributed by atoms with Gasteiger partial charge in [0.1, 0.15) is 0 Å². The van der Waals surface area contributed by atoms with Gasteiger partial charge in [0.25, 0.3) is 0 Å². The maximum atomic E-state index is 12.2. The Morgan fingerprint density at radius 2 is 1.50 bits per heavy atom. The molecule has 0 unspecified atom stereocenters. The van der Waals surface area contributed by atoms with Gasteiger partial charge in [-0.2, -0.15) is 0 Å². The van der Waals surface area contributed by atoms with Crippen LogP contribution < -0.4 is 24.8 Å². The van der Waals surface area contributed by atoms with Crippen LogP contribution in [0.3, 0.4) is 0 Å². The van der Waals surface area contributed by atoms with Gasteiger partial charge in [-0.25, -0.2) is 4.79 Å². The van der Waals surface area contributed by atoms with Crippen LogP contribution in [-0.2, 0) is 9.53 Å². The van der Waals surface area contributed by atoms with Crippen LogP contribution in [-0.4, -0.2) is 46.4 Å². The van der Waals surface area contributed by atoms with Gasteiger partial charge in [-0.05, 0) is 31.2 Å². The van der Waals surface area contributed by atoms with Crippen molar-refractivity contribution in [1.29, 1.82) is 0 Å². The number of ether oxygens (including phenoxy) is 4. The number of benzene rings is 2. The normalized spacial score (nSPS) is 10.0. The second-order valence-electron chi connectivity index (χ2n) is 5.61. The summed E-state index contributed by atoms with van der Waals surface area (Å²) in [6.45, 7) is 2.11. The highest BCUT2D eigenvalue weighted by molar-refractivity contribution is 5.94. The molecule has 150 valence electrons. The Bertz CT molecular complexity index is 795. The summed E-state index contributed by atoms with van der Waals surface area (Å²) < 4.78 is 20.7. The van der Waals surface area contributed by atoms with E-state index >= 15 is 0 Å². The highest BCUT2D eigenvalue weighted by atomic mass is 16.5. The summed E-state index contributed by atoms with van der Waals surface area (Å²) in [6.07, 6.45) is 0. The fourth-order valence-electron chi connectivity index (χ4n) is 2.48. The molecule has 0 saturated carbocycles. The van der Waals surface area contributed by atoms with Crippen LogP contribution in [0.1, 0.15) is 17.3 Å². The van der Waals surface area contributed by atoms with Gasteiger partial charge in [0.2, 0.25) is 11.7 Å². The van der Waals surface area contributed by atoms with Crippen LogP contribution in [0, 0.1) is 0 Å². The lowest BCUT2D eigenvalue weighted by Crippen LogP contribution is -2.21. The van der Waals surface area contributed by atoms with Crippen molar-refractivity contribution in [2.45, 2.75) is 6.92 Å². The zero-order valence-corrected chi connectivity index (χ0v) is 16.3. The smallest absolute Gasteiger partial charge is 0.338 e. The molecule has 0 fully saturated rings. The standard InChI is InChI=1S/C20H24N2O6/c1-5-28-20(24)13-6-8-14(9-7-13)21-12-18(23)22-15-10-16(25-2)19(27-4)17(11-15)26-3/h6-11,21H,5,12H2,1-4H3,(H,22,23). The van der Waals surface area contributed by atoms with Crippen molar-refractivity contribution in [3.05, 3.63) is 42.0 Å². The Balaban J connectivity index is 1.98. The van der Waals surface area contributed by atoms with Crippen molar-refractivity contribution in [3.63, 3.8) is 0 Å². The molecule has 8 heteroatoms. The summed E-state index contributed by atoms with van der Waals surface area (Å²) in [5.41, 5.74) is 1.67. The van der Waals surface area contributed by atoms with Crippen molar-refractivity contribution < 1.29 is 28.5 Å². The molecule has 0 radical (unpaired) electrons. The van der Waals surface area contributed by atoms with Crippen LogP contribution in [0.15, 0.2) is 36.4 Å². The molecular weight excluding hydrogens is 364 g/mol. The predicted molar refractivity (Wildman–Crippen MR) is 106 cm³/mol. The molecule has 0 saturated heterocycles. The molecule has 1 amide bonds. The number of hydrogen-bond donors (Lipinski definition) is 2. The molecular formula is C20H24N2O6. The zero-order chi connectivity index (χ0) is 20.5. The van der Waals surface area contributed by atoms with Gasteiger partial charge >= 0.3 is 5.97 Å². The molecule has 0 bridgehead atoms. The first-order valence-electron chi connectivity index (χ1n) is 8.63. The van der Waals surface area contributed by atoms with Crippen molar-refractivity contribution in [2.75, 3.05) is 45.1 Å². The van der Waals surface area contributed by atoms with E-state index in [4.69, 9.17) is 18.9 Å². The summed E-state index contributed by atoms with van der Waals surface area (Å²) in [5.74, 6) is 0.695. The third-order valence-electron chi connectivity index (χ3n) is 3.80. The molecule has 2 aromatic rings. The van der Waals surface area contributed by atoms with E-state index in [0.29, 0.717) is 40.8 Å². The van der Waals surface area contributed by atoms with Crippen LogP contribution in [0.5, 0.6) is 17.2 Å². The number of esters is 1. The number of nitrogens with one attached hydrogen (secondary N) is 2. The maximum Gasteiger partial charge on any atom is 0.338 e. The third kappa shape index (κ3) is 5.29. The van der Waals surface area contributed by atoms with E-state index in [1.165, 1.54) is 21.3 Å². The van der Waals surface area contributed by atoms with E-state index in [1.807, 2.05) is 0 Å². The van der Waals surface area contributed by atoms with Crippen molar-refractivity contribution in [1.82, 2.24) is 0 Å². The Morgan fingerprint density at radius 3 is 2.00 bits per heavy atom. The summed E-state index contributed by atoms with van der Waals surface area (Å²) in [5, 5.41) is 5.76. The quantitative estimate of drug-likeness (QED) is 0.638. The molecule has 0 spiro atoms. The van der Waals surface area contributed by atoms with Gasteiger partial charge < -0.3 is 29.6 Å². The molecule has 2 N–H and O–H groups in total. The van der Waals surface area contributed by atoms with Gasteiger partial charge in [-0.1, -0.05) is 0 Å². The SMILES string of the molecule is CCOC(=O)c1ccc(NCC(=O)Nc2cc(OC)c(OC)c(OC)c2)cc1. The fourth-order valence-corrected chi connectivity index (χ4v) is 2.48. The van der Waals surface area contributed by atoms with Gasteiger partial charge in [0.15, 0.2) is 11.5 Å². The molecule has 0 atom stereocenters. The topological polar surface area (TPSA) is 95.1 Å². The average Bonchev–Trinajstić information content (AvgIpc) is 2.72. The van der Waals surface area contributed by atoms with Gasteiger partial charge in [-0.3, -0.25) is 4.79 Å². The van der Waals surface area contributed by atoms with E-state index < -0.39 is 0 Å². The highest BCUT2D eigenvalue weighted by Gasteiger charge is 2.14. The first-order valence-corrected chi connectivity index (χ1v) is 8.63. The fraction of sp³-hybridized carbons (Fsp3) is 0.300. The molecule has 8 nitrogen and oxygen atoms in total. The molecule has 2 rings (SSSR count). The number of carbonyl (C=O) groups excluding carboxylic acids is 2. The number of hydrogen-bond acceptors (Lipinski definition) is 7. The maximum absolute atomic E-state index is 12.2. The van der Waals surface area contributed by atoms with Crippen LogP contribution in [0.4, 0.5) is 11.4 Å². The number of methoxy groups -OCH3 is 3. The zero-order valence-electron chi connectivity index (χ0n) is 16.3. The van der Waals surface area contributed by atoms with Crippen LogP contribution in [0.25, 0.3) is 0 Å². The molecule has 0 aromatic heterocycles. The van der Waals surface area contributed by atoms with E-state index in [1.54, 1.807) is 43.3 Å². The second-order valence-corrected chi connectivity index (χ2v) is 5.61. The number of amides is 1. The molecule has 0 aliphatic carbocycles. The Kier molecular flexibility index (Phi) is 7.50. The first kappa shape index (κ1) is 20.9. The Labute approximate surface area is 163 Å². The summed E-state index contributed by atoms with van der Waals surface area (Å²) in [7, 11) is 4.52. The Morgan fingerprint density at radius 1 is 0.893 bits per heavy atom. The first-order chi connectivity index (χ1) is 13.5. The minimum Gasteiger partial charge on any atom is -0.493 e. The number of anilines is 2. The van der Waals surface area contributed by atoms with Gasteiger partial charge in [-0.15, -0.1) is 0 Å². The Hall–Kier alpha value is -3.42. The van der Waals surface area contributed by atoms with Gasteiger partial charge in [0.05, 0.1) is 40.0 Å². The number of carbonyl (C=O) groups is 2. The van der Waals surface area contributed by atoms with E-state index in [9.17, 15) is 9.59 Å². The third-order valence-corrected chi connectivity index (χ3v) is 3.80. The number of rotatable bonds is 9. The predicted octanol–water partition coefficient (Wildman–Crippen LogP) is 2.94. The van der Waals surface area contributed by atoms with Crippen LogP contribution in [0.2, 0.25) is 0 Å². The van der Waals surface area contributed by atoms with Crippen molar-refractivity contribution >= 4 is 23.3 Å². The molecule has 0 aliphatic heterocycles. The minimum atomic E-state index is -0.380.